The number of likely N-dealkylation sites (tertiary alicyclic amines) is 1. The van der Waals surface area contributed by atoms with E-state index in [1.54, 1.807) is 0 Å². The molecule has 1 aliphatic heterocycles. The molecule has 0 aromatic carbocycles. The maximum atomic E-state index is 13.5. The Morgan fingerprint density at radius 2 is 1.79 bits per heavy atom. The molecule has 2 N–H and O–H groups in total. The summed E-state index contributed by atoms with van der Waals surface area (Å²) in [7, 11) is 0. The molecule has 6 nitrogen and oxygen atoms in total. The van der Waals surface area contributed by atoms with Gasteiger partial charge in [-0.25, -0.2) is 0 Å². The highest BCUT2D eigenvalue weighted by atomic mass is 19.4. The zero-order valence-electron chi connectivity index (χ0n) is 15.9. The smallest absolute Gasteiger partial charge is 0.390 e. The number of fused-ring (bicyclic) bond motifs is 1. The van der Waals surface area contributed by atoms with Gasteiger partial charge >= 0.3 is 12.1 Å². The van der Waals surface area contributed by atoms with Crippen LogP contribution in [0.25, 0.3) is 0 Å². The fraction of sp³-hybridized carbons (Fsp3) is 0.850. The second kappa shape index (κ2) is 5.87. The summed E-state index contributed by atoms with van der Waals surface area (Å²) in [6.07, 6.45) is -0.406. The lowest BCUT2D eigenvalue weighted by Crippen LogP contribution is -2.67. The summed E-state index contributed by atoms with van der Waals surface area (Å²) in [6, 6.07) is -0.0360. The van der Waals surface area contributed by atoms with Crippen LogP contribution in [0, 0.1) is 34.5 Å². The maximum Gasteiger partial charge on any atom is 0.471 e. The monoisotopic (exact) mass is 411 g/mol. The van der Waals surface area contributed by atoms with E-state index in [0.29, 0.717) is 32.1 Å². The van der Waals surface area contributed by atoms with Crippen molar-refractivity contribution in [3.63, 3.8) is 0 Å². The molecule has 6 rings (SSSR count). The Hall–Kier alpha value is -1.82. The fourth-order valence-electron chi connectivity index (χ4n) is 7.35. The first-order chi connectivity index (χ1) is 13.5. The van der Waals surface area contributed by atoms with Crippen LogP contribution in [0.4, 0.5) is 13.2 Å². The van der Waals surface area contributed by atoms with E-state index in [2.05, 4.69) is 6.07 Å². The number of nitriles is 1. The largest absolute Gasteiger partial charge is 0.471 e. The fourth-order valence-corrected chi connectivity index (χ4v) is 7.35. The van der Waals surface area contributed by atoms with Crippen molar-refractivity contribution in [2.75, 3.05) is 0 Å². The van der Waals surface area contributed by atoms with Gasteiger partial charge in [0.15, 0.2) is 0 Å². The minimum absolute atomic E-state index is 0.116. The van der Waals surface area contributed by atoms with Crippen LogP contribution in [0.1, 0.15) is 51.4 Å². The molecule has 1 heterocycles. The number of hydrogen-bond donors (Lipinski definition) is 2. The number of carbonyl (C=O) groups excluding carboxylic acids is 2. The minimum Gasteiger partial charge on any atom is -0.390 e. The molecule has 5 aliphatic carbocycles. The van der Waals surface area contributed by atoms with Crippen molar-refractivity contribution in [2.24, 2.45) is 23.2 Å². The second-order valence-corrected chi connectivity index (χ2v) is 10.1. The molecule has 9 heteroatoms. The minimum atomic E-state index is -5.10. The molecule has 0 aromatic rings. The molecule has 6 aliphatic rings. The molecule has 1 saturated heterocycles. The van der Waals surface area contributed by atoms with Crippen LogP contribution in [0.3, 0.4) is 0 Å². The lowest BCUT2D eigenvalue weighted by molar-refractivity contribution is -0.191. The number of carbonyl (C=O) groups is 2. The number of halogens is 3. The Bertz CT molecular complexity index is 793. The van der Waals surface area contributed by atoms with E-state index in [9.17, 15) is 33.1 Å². The molecule has 0 spiro atoms. The summed E-state index contributed by atoms with van der Waals surface area (Å²) in [5.74, 6) is -2.18. The van der Waals surface area contributed by atoms with Gasteiger partial charge in [0, 0.05) is 11.5 Å². The SMILES string of the molecule is N#C[C@@H]1C[C@@H]2C[C@@H]2N1C(=O)[C@@H](NC(=O)C(F)(F)F)C12CC3CC(CC(O)(C3)C1)C2. The molecule has 6 atom stereocenters. The van der Waals surface area contributed by atoms with Gasteiger partial charge in [0.2, 0.25) is 5.91 Å². The molecule has 5 saturated carbocycles. The number of nitrogens with one attached hydrogen (secondary N) is 1. The van der Waals surface area contributed by atoms with Crippen molar-refractivity contribution in [3.05, 3.63) is 0 Å². The van der Waals surface area contributed by atoms with E-state index in [1.165, 1.54) is 4.90 Å². The van der Waals surface area contributed by atoms with Gasteiger partial charge < -0.3 is 15.3 Å². The molecule has 158 valence electrons. The molecule has 6 fully saturated rings. The van der Waals surface area contributed by atoms with Crippen LogP contribution in [0.2, 0.25) is 0 Å². The Labute approximate surface area is 166 Å². The third-order valence-electron chi connectivity index (χ3n) is 7.98. The summed E-state index contributed by atoms with van der Waals surface area (Å²) >= 11 is 0. The van der Waals surface area contributed by atoms with E-state index in [1.807, 2.05) is 5.32 Å². The Morgan fingerprint density at radius 1 is 1.14 bits per heavy atom. The molecule has 0 aromatic heterocycles. The molecular weight excluding hydrogens is 387 g/mol. The van der Waals surface area contributed by atoms with Crippen molar-refractivity contribution in [1.82, 2.24) is 10.2 Å². The normalized spacial score (nSPS) is 45.5. The van der Waals surface area contributed by atoms with Crippen LogP contribution in [0.15, 0.2) is 0 Å². The number of hydrogen-bond acceptors (Lipinski definition) is 4. The van der Waals surface area contributed by atoms with Crippen molar-refractivity contribution >= 4 is 11.8 Å². The van der Waals surface area contributed by atoms with E-state index in [0.717, 1.165) is 12.8 Å². The number of aliphatic hydroxyl groups is 1. The number of amides is 2. The molecular formula is C20H24F3N3O3. The standard InChI is InChI=1S/C20H24F3N3O3/c21-20(22,23)17(28)25-15(16(27)26-13(8-24)2-12-3-14(12)26)18-4-10-1-11(5-18)7-19(29,6-10)9-18/h10-15,29H,1-7,9H2,(H,25,28)/t10?,11?,12-,13+,14+,15-,18?,19?/m1/s1. The Balaban J connectivity index is 1.50. The summed E-state index contributed by atoms with van der Waals surface area (Å²) in [5, 5.41) is 22.5. The predicted molar refractivity (Wildman–Crippen MR) is 92.8 cm³/mol. The van der Waals surface area contributed by atoms with Gasteiger partial charge in [0.25, 0.3) is 0 Å². The van der Waals surface area contributed by atoms with Crippen LogP contribution < -0.4 is 5.32 Å². The van der Waals surface area contributed by atoms with E-state index < -0.39 is 41.1 Å². The summed E-state index contributed by atoms with van der Waals surface area (Å²) < 4.78 is 39.3. The van der Waals surface area contributed by atoms with Crippen LogP contribution in [0.5, 0.6) is 0 Å². The van der Waals surface area contributed by atoms with Gasteiger partial charge in [-0.15, -0.1) is 0 Å². The zero-order valence-corrected chi connectivity index (χ0v) is 15.9. The molecule has 4 bridgehead atoms. The van der Waals surface area contributed by atoms with E-state index in [-0.39, 0.29) is 30.2 Å². The Morgan fingerprint density at radius 3 is 2.34 bits per heavy atom. The van der Waals surface area contributed by atoms with Crippen LogP contribution >= 0.6 is 0 Å². The van der Waals surface area contributed by atoms with Crippen molar-refractivity contribution in [3.8, 4) is 6.07 Å². The van der Waals surface area contributed by atoms with Crippen molar-refractivity contribution in [2.45, 2.75) is 81.3 Å². The van der Waals surface area contributed by atoms with Crippen LogP contribution in [-0.2, 0) is 9.59 Å². The van der Waals surface area contributed by atoms with Gasteiger partial charge in [0.05, 0.1) is 11.7 Å². The summed E-state index contributed by atoms with van der Waals surface area (Å²) in [5.41, 5.74) is -1.86. The maximum absolute atomic E-state index is 13.5. The lowest BCUT2D eigenvalue weighted by atomic mass is 9.46. The Kier molecular flexibility index (Phi) is 3.88. The summed E-state index contributed by atoms with van der Waals surface area (Å²) in [6.45, 7) is 0. The van der Waals surface area contributed by atoms with Crippen molar-refractivity contribution in [1.29, 1.82) is 5.26 Å². The highest BCUT2D eigenvalue weighted by molar-refractivity contribution is 5.91. The number of piperidine rings is 1. The average Bonchev–Trinajstić information content (AvgIpc) is 3.25. The molecule has 0 radical (unpaired) electrons. The first kappa shape index (κ1) is 19.2. The number of nitrogens with zero attached hydrogens (tertiary/aromatic N) is 2. The van der Waals surface area contributed by atoms with E-state index in [4.69, 9.17) is 0 Å². The molecule has 2 amide bonds. The summed E-state index contributed by atoms with van der Waals surface area (Å²) in [4.78, 5) is 26.8. The number of alkyl halides is 3. The highest BCUT2D eigenvalue weighted by Gasteiger charge is 2.64. The predicted octanol–water partition coefficient (Wildman–Crippen LogP) is 1.88. The van der Waals surface area contributed by atoms with Gasteiger partial charge in [-0.05, 0) is 69.1 Å². The van der Waals surface area contributed by atoms with Crippen LogP contribution in [-0.4, -0.2) is 51.7 Å². The average molecular weight is 411 g/mol. The van der Waals surface area contributed by atoms with Gasteiger partial charge in [-0.3, -0.25) is 9.59 Å². The van der Waals surface area contributed by atoms with E-state index >= 15 is 0 Å². The van der Waals surface area contributed by atoms with Crippen molar-refractivity contribution < 1.29 is 27.9 Å². The first-order valence-electron chi connectivity index (χ1n) is 10.4. The second-order valence-electron chi connectivity index (χ2n) is 10.1. The molecule has 2 unspecified atom stereocenters. The van der Waals surface area contributed by atoms with Gasteiger partial charge in [-0.2, -0.15) is 18.4 Å². The highest BCUT2D eigenvalue weighted by Crippen LogP contribution is 2.63. The zero-order chi connectivity index (χ0) is 20.8. The topological polar surface area (TPSA) is 93.4 Å². The van der Waals surface area contributed by atoms with Gasteiger partial charge in [0.1, 0.15) is 12.1 Å². The first-order valence-corrected chi connectivity index (χ1v) is 10.4. The third kappa shape index (κ3) is 2.94. The molecule has 29 heavy (non-hydrogen) atoms. The quantitative estimate of drug-likeness (QED) is 0.742. The lowest BCUT2D eigenvalue weighted by Gasteiger charge is -2.62. The van der Waals surface area contributed by atoms with Gasteiger partial charge in [-0.1, -0.05) is 0 Å². The number of rotatable bonds is 3. The third-order valence-corrected chi connectivity index (χ3v) is 7.98.